The molecule has 1 aromatic rings. The number of likely N-dealkylation sites (N-methyl/N-ethyl adjacent to an activating group) is 1. The van der Waals surface area contributed by atoms with Crippen molar-refractivity contribution in [1.82, 2.24) is 30.7 Å². The summed E-state index contributed by atoms with van der Waals surface area (Å²) in [6.07, 6.45) is 7.08. The van der Waals surface area contributed by atoms with E-state index < -0.39 is 77.1 Å². The van der Waals surface area contributed by atoms with Crippen molar-refractivity contribution in [1.29, 1.82) is 0 Å². The van der Waals surface area contributed by atoms with E-state index in [0.29, 0.717) is 19.4 Å². The highest BCUT2D eigenvalue weighted by molar-refractivity contribution is 6.12. The lowest BCUT2D eigenvalue weighted by Crippen LogP contribution is -2.62. The van der Waals surface area contributed by atoms with Crippen LogP contribution in [0.3, 0.4) is 0 Å². The summed E-state index contributed by atoms with van der Waals surface area (Å²) in [5.41, 5.74) is -1.31. The normalized spacial score (nSPS) is 18.7. The van der Waals surface area contributed by atoms with Crippen molar-refractivity contribution in [3.8, 4) is 0 Å². The summed E-state index contributed by atoms with van der Waals surface area (Å²) in [5.74, 6) is -4.29. The predicted molar refractivity (Wildman–Crippen MR) is 283 cm³/mol. The smallest absolute Gasteiger partial charge is 0.329 e. The molecule has 3 aliphatic rings. The first kappa shape index (κ1) is 63.3. The van der Waals surface area contributed by atoms with Gasteiger partial charge in [-0.1, -0.05) is 70.4 Å². The molecule has 1 aromatic carbocycles. The molecule has 7 atom stereocenters. The van der Waals surface area contributed by atoms with E-state index in [1.165, 1.54) is 19.3 Å². The topological polar surface area (TPSA) is 238 Å². The van der Waals surface area contributed by atoms with Crippen molar-refractivity contribution in [3.05, 3.63) is 48.0 Å². The molecule has 20 heteroatoms. The maximum atomic E-state index is 14.7. The minimum absolute atomic E-state index is 0.0109. The van der Waals surface area contributed by atoms with Crippen LogP contribution < -0.4 is 16.0 Å². The van der Waals surface area contributed by atoms with Crippen LogP contribution in [0.15, 0.2) is 42.5 Å². The molecule has 0 spiro atoms. The second-order valence-corrected chi connectivity index (χ2v) is 22.0. The van der Waals surface area contributed by atoms with Gasteiger partial charge in [-0.2, -0.15) is 0 Å². The fourth-order valence-corrected chi connectivity index (χ4v) is 10.2. The van der Waals surface area contributed by atoms with Gasteiger partial charge in [0, 0.05) is 52.8 Å². The van der Waals surface area contributed by atoms with Gasteiger partial charge >= 0.3 is 5.97 Å². The van der Waals surface area contributed by atoms with Crippen LogP contribution in [-0.4, -0.2) is 184 Å². The van der Waals surface area contributed by atoms with E-state index in [9.17, 15) is 38.4 Å². The molecule has 20 nitrogen and oxygen atoms in total. The first-order valence-corrected chi connectivity index (χ1v) is 27.1. The lowest BCUT2D eigenvalue weighted by Gasteiger charge is -2.43. The Labute approximate surface area is 450 Å². The molecular formula is C56H88N6O14. The molecule has 2 aliphatic heterocycles. The second-order valence-electron chi connectivity index (χ2n) is 22.0. The number of amides is 7. The van der Waals surface area contributed by atoms with Crippen molar-refractivity contribution in [2.24, 2.45) is 17.8 Å². The molecule has 3 N–H and O–H groups in total. The van der Waals surface area contributed by atoms with Gasteiger partial charge in [0.05, 0.1) is 82.8 Å². The number of carbonyl (C=O) groups is 8. The maximum Gasteiger partial charge on any atom is 0.329 e. The molecule has 7 amide bonds. The van der Waals surface area contributed by atoms with Gasteiger partial charge in [-0.3, -0.25) is 38.5 Å². The van der Waals surface area contributed by atoms with Crippen LogP contribution >= 0.6 is 0 Å². The fraction of sp³-hybridized carbons (Fsp3) is 0.714. The van der Waals surface area contributed by atoms with Crippen molar-refractivity contribution < 1.29 is 66.8 Å². The second kappa shape index (κ2) is 30.6. The average Bonchev–Trinajstić information content (AvgIpc) is 3.99. The van der Waals surface area contributed by atoms with Gasteiger partial charge in [0.25, 0.3) is 11.8 Å². The van der Waals surface area contributed by atoms with Crippen molar-refractivity contribution >= 4 is 47.3 Å². The number of esters is 1. The molecule has 2 fully saturated rings. The standard InChI is InChI=1S/C56H88N6O14/c1-37(2)48(58-54(70)56(7,8)59-44(63)26-29-73-31-33-75-34-32-74-30-28-62-45(64)24-25-46(62)65)52(68)60(9)49(40-21-16-13-17-22-40)43(71-10)36-47(66)61-27-18-23-42(61)50(72-11)38(3)51(67)57-41(53(69)76-55(4,5)6)35-39-19-14-12-15-20-39/h12,14-15,19-20,24-25,37-38,40-43,48-50H,13,16-18,21-23,26-36H2,1-11H3,(H,57,67)(H,58,70)(H,59,63). The third kappa shape index (κ3) is 19.3. The highest BCUT2D eigenvalue weighted by Crippen LogP contribution is 2.34. The Hall–Kier alpha value is -5.28. The lowest BCUT2D eigenvalue weighted by molar-refractivity contribution is -0.159. The van der Waals surface area contributed by atoms with Gasteiger partial charge in [-0.05, 0) is 77.7 Å². The minimum atomic E-state index is -1.39. The minimum Gasteiger partial charge on any atom is -0.458 e. The highest BCUT2D eigenvalue weighted by Gasteiger charge is 2.45. The lowest BCUT2D eigenvalue weighted by atomic mass is 9.80. The SMILES string of the molecule is COC(CC(=O)N1CCCC1C(OC)C(C)C(=O)NC(Cc1ccccc1)C(=O)OC(C)(C)C)C(C1CCCCC1)N(C)C(=O)C(NC(=O)C(C)(C)NC(=O)CCOCCOCCOCCN1C(=O)C=CC1=O)C(C)C. The fourth-order valence-electron chi connectivity index (χ4n) is 10.2. The molecule has 426 valence electrons. The number of nitrogens with one attached hydrogen (secondary N) is 3. The number of carbonyl (C=O) groups excluding carboxylic acids is 8. The van der Waals surface area contributed by atoms with Gasteiger partial charge in [0.1, 0.15) is 23.2 Å². The molecule has 4 rings (SSSR count). The molecule has 76 heavy (non-hydrogen) atoms. The summed E-state index contributed by atoms with van der Waals surface area (Å²) in [6.45, 7) is 15.7. The van der Waals surface area contributed by atoms with E-state index in [1.54, 1.807) is 65.5 Å². The van der Waals surface area contributed by atoms with Gasteiger partial charge in [0.2, 0.25) is 29.5 Å². The third-order valence-corrected chi connectivity index (χ3v) is 14.3. The van der Waals surface area contributed by atoms with E-state index >= 15 is 0 Å². The van der Waals surface area contributed by atoms with Crippen LogP contribution in [0.5, 0.6) is 0 Å². The largest absolute Gasteiger partial charge is 0.458 e. The number of hydrogen-bond acceptors (Lipinski definition) is 14. The van der Waals surface area contributed by atoms with Crippen LogP contribution in [0.4, 0.5) is 0 Å². The number of imide groups is 1. The number of hydrogen-bond donors (Lipinski definition) is 3. The maximum absolute atomic E-state index is 14.7. The van der Waals surface area contributed by atoms with E-state index in [-0.39, 0.29) is 101 Å². The molecule has 1 saturated carbocycles. The molecule has 7 unspecified atom stereocenters. The van der Waals surface area contributed by atoms with E-state index in [2.05, 4.69) is 16.0 Å². The average molecular weight is 1070 g/mol. The monoisotopic (exact) mass is 1070 g/mol. The number of nitrogens with zero attached hydrogens (tertiary/aromatic N) is 3. The van der Waals surface area contributed by atoms with E-state index in [0.717, 1.165) is 42.6 Å². The quantitative estimate of drug-likeness (QED) is 0.0544. The van der Waals surface area contributed by atoms with E-state index in [1.807, 2.05) is 44.2 Å². The summed E-state index contributed by atoms with van der Waals surface area (Å²) in [4.78, 5) is 112. The van der Waals surface area contributed by atoms with Crippen LogP contribution in [0.2, 0.25) is 0 Å². The Bertz CT molecular complexity index is 2090. The summed E-state index contributed by atoms with van der Waals surface area (Å²) < 4.78 is 34.4. The van der Waals surface area contributed by atoms with Crippen LogP contribution in [-0.2, 0) is 73.2 Å². The van der Waals surface area contributed by atoms with E-state index in [4.69, 9.17) is 28.4 Å². The molecule has 0 bridgehead atoms. The molecule has 0 aromatic heterocycles. The Morgan fingerprint density at radius 2 is 1.37 bits per heavy atom. The van der Waals surface area contributed by atoms with Crippen molar-refractivity contribution in [2.45, 2.75) is 167 Å². The number of ether oxygens (including phenoxy) is 6. The first-order valence-electron chi connectivity index (χ1n) is 27.1. The zero-order valence-corrected chi connectivity index (χ0v) is 47.0. The Kier molecular flexibility index (Phi) is 25.5. The summed E-state index contributed by atoms with van der Waals surface area (Å²) in [7, 11) is 4.77. The first-order chi connectivity index (χ1) is 36.0. The number of benzene rings is 1. The third-order valence-electron chi connectivity index (χ3n) is 14.3. The Balaban J connectivity index is 1.34. The van der Waals surface area contributed by atoms with Crippen LogP contribution in [0.25, 0.3) is 0 Å². The van der Waals surface area contributed by atoms with Crippen molar-refractivity contribution in [2.75, 3.05) is 74.0 Å². The van der Waals surface area contributed by atoms with Crippen molar-refractivity contribution in [3.63, 3.8) is 0 Å². The zero-order chi connectivity index (χ0) is 56.2. The summed E-state index contributed by atoms with van der Waals surface area (Å²) >= 11 is 0. The van der Waals surface area contributed by atoms with Gasteiger partial charge in [-0.15, -0.1) is 0 Å². The summed E-state index contributed by atoms with van der Waals surface area (Å²) in [5, 5.41) is 8.63. The number of likely N-dealkylation sites (tertiary alicyclic amines) is 1. The Morgan fingerprint density at radius 3 is 1.95 bits per heavy atom. The van der Waals surface area contributed by atoms with Crippen LogP contribution in [0, 0.1) is 17.8 Å². The van der Waals surface area contributed by atoms with Gasteiger partial charge < -0.3 is 54.2 Å². The van der Waals surface area contributed by atoms with Gasteiger partial charge in [0.15, 0.2) is 0 Å². The molecule has 0 radical (unpaired) electrons. The number of methoxy groups -OCH3 is 2. The molecular weight excluding hydrogens is 981 g/mol. The molecule has 1 aliphatic carbocycles. The molecule has 2 heterocycles. The molecule has 1 saturated heterocycles. The predicted octanol–water partition coefficient (Wildman–Crippen LogP) is 3.91. The summed E-state index contributed by atoms with van der Waals surface area (Å²) in [6, 6.07) is 6.48. The van der Waals surface area contributed by atoms with Crippen LogP contribution in [0.1, 0.15) is 119 Å². The number of rotatable bonds is 31. The van der Waals surface area contributed by atoms with Gasteiger partial charge in [-0.25, -0.2) is 4.79 Å². The highest BCUT2D eigenvalue weighted by atomic mass is 16.6. The zero-order valence-electron chi connectivity index (χ0n) is 47.0. The Morgan fingerprint density at radius 1 is 0.763 bits per heavy atom.